The van der Waals surface area contributed by atoms with Gasteiger partial charge in [-0.05, 0) is 19.9 Å². The number of aryl methyl sites for hydroxylation is 2. The molecule has 3 aromatic rings. The molecule has 0 aliphatic heterocycles. The van der Waals surface area contributed by atoms with Crippen LogP contribution in [0.25, 0.3) is 10.9 Å². The zero-order chi connectivity index (χ0) is 15.1. The maximum atomic E-state index is 12.6. The average molecular weight is 284 g/mol. The molecule has 0 aliphatic carbocycles. The Labute approximate surface area is 119 Å². The first-order valence-corrected chi connectivity index (χ1v) is 6.35. The van der Waals surface area contributed by atoms with Gasteiger partial charge < -0.3 is 9.40 Å². The van der Waals surface area contributed by atoms with Crippen LogP contribution >= 0.6 is 0 Å². The van der Waals surface area contributed by atoms with E-state index in [4.69, 9.17) is 4.42 Å². The lowest BCUT2D eigenvalue weighted by Gasteiger charge is -1.98. The van der Waals surface area contributed by atoms with Crippen LogP contribution in [0.4, 0.5) is 5.69 Å². The molecule has 0 saturated heterocycles. The fourth-order valence-electron chi connectivity index (χ4n) is 2.48. The largest absolute Gasteiger partial charge is 0.466 e. The fourth-order valence-corrected chi connectivity index (χ4v) is 2.48. The summed E-state index contributed by atoms with van der Waals surface area (Å²) in [6.45, 7) is 3.49. The van der Waals surface area contributed by atoms with Gasteiger partial charge in [0.15, 0.2) is 5.78 Å². The van der Waals surface area contributed by atoms with Crippen LogP contribution < -0.4 is 0 Å². The van der Waals surface area contributed by atoms with Crippen molar-refractivity contribution < 1.29 is 14.1 Å². The van der Waals surface area contributed by atoms with E-state index >= 15 is 0 Å². The molecule has 6 nitrogen and oxygen atoms in total. The van der Waals surface area contributed by atoms with Crippen molar-refractivity contribution in [3.8, 4) is 0 Å². The lowest BCUT2D eigenvalue weighted by atomic mass is 10.0. The van der Waals surface area contributed by atoms with Crippen molar-refractivity contribution in [1.82, 2.24) is 4.98 Å². The summed E-state index contributed by atoms with van der Waals surface area (Å²) in [7, 11) is 0. The van der Waals surface area contributed by atoms with Crippen LogP contribution in [0.5, 0.6) is 0 Å². The standard InChI is InChI=1S/C15H12N2O4/c1-8-6-11(9(2)21-8)15(18)12-7-16-14-10(12)4-3-5-13(14)17(19)20/h3-7,16H,1-2H3. The highest BCUT2D eigenvalue weighted by Crippen LogP contribution is 2.29. The number of furan rings is 1. The van der Waals surface area contributed by atoms with Crippen molar-refractivity contribution in [1.29, 1.82) is 0 Å². The molecular formula is C15H12N2O4. The molecule has 0 bridgehead atoms. The highest BCUT2D eigenvalue weighted by molar-refractivity contribution is 6.17. The Morgan fingerprint density at radius 1 is 1.29 bits per heavy atom. The van der Waals surface area contributed by atoms with Gasteiger partial charge in [-0.25, -0.2) is 0 Å². The second-order valence-electron chi connectivity index (χ2n) is 4.82. The Kier molecular flexibility index (Phi) is 2.86. The van der Waals surface area contributed by atoms with Crippen LogP contribution in [0.3, 0.4) is 0 Å². The highest BCUT2D eigenvalue weighted by atomic mass is 16.6. The van der Waals surface area contributed by atoms with Crippen LogP contribution in [0, 0.1) is 24.0 Å². The van der Waals surface area contributed by atoms with Crippen molar-refractivity contribution in [3.05, 3.63) is 63.2 Å². The molecule has 1 aromatic carbocycles. The Balaban J connectivity index is 2.18. The van der Waals surface area contributed by atoms with E-state index < -0.39 is 4.92 Å². The predicted octanol–water partition coefficient (Wildman–Crippen LogP) is 3.52. The van der Waals surface area contributed by atoms with Crippen LogP contribution in [0.2, 0.25) is 0 Å². The maximum Gasteiger partial charge on any atom is 0.293 e. The molecule has 0 aliphatic rings. The van der Waals surface area contributed by atoms with E-state index in [1.165, 1.54) is 12.3 Å². The molecule has 106 valence electrons. The minimum atomic E-state index is -0.472. The van der Waals surface area contributed by atoms with Crippen molar-refractivity contribution >= 4 is 22.4 Å². The smallest absolute Gasteiger partial charge is 0.293 e. The highest BCUT2D eigenvalue weighted by Gasteiger charge is 2.22. The Morgan fingerprint density at radius 3 is 2.67 bits per heavy atom. The summed E-state index contributed by atoms with van der Waals surface area (Å²) in [6.07, 6.45) is 1.50. The monoisotopic (exact) mass is 284 g/mol. The van der Waals surface area contributed by atoms with E-state index in [1.807, 2.05) is 0 Å². The Morgan fingerprint density at radius 2 is 2.05 bits per heavy atom. The second-order valence-corrected chi connectivity index (χ2v) is 4.82. The van der Waals surface area contributed by atoms with Gasteiger partial charge >= 0.3 is 0 Å². The Bertz CT molecular complexity index is 873. The molecule has 0 spiro atoms. The van der Waals surface area contributed by atoms with Gasteiger partial charge in [0, 0.05) is 23.2 Å². The van der Waals surface area contributed by atoms with E-state index in [2.05, 4.69) is 4.98 Å². The molecule has 6 heteroatoms. The second kappa shape index (κ2) is 4.59. The molecule has 1 N–H and O–H groups in total. The summed E-state index contributed by atoms with van der Waals surface area (Å²) in [4.78, 5) is 25.9. The van der Waals surface area contributed by atoms with Crippen LogP contribution in [0.15, 0.2) is 34.9 Å². The van der Waals surface area contributed by atoms with Crippen molar-refractivity contribution in [2.45, 2.75) is 13.8 Å². The lowest BCUT2D eigenvalue weighted by molar-refractivity contribution is -0.383. The first kappa shape index (κ1) is 13.1. The third-order valence-corrected chi connectivity index (χ3v) is 3.42. The Hall–Kier alpha value is -2.89. The molecule has 2 aromatic heterocycles. The summed E-state index contributed by atoms with van der Waals surface area (Å²) in [5.74, 6) is 0.982. The average Bonchev–Trinajstić information content (AvgIpc) is 3.00. The van der Waals surface area contributed by atoms with Crippen LogP contribution in [-0.4, -0.2) is 15.7 Å². The van der Waals surface area contributed by atoms with Gasteiger partial charge in [0.1, 0.15) is 17.0 Å². The van der Waals surface area contributed by atoms with E-state index in [1.54, 1.807) is 32.0 Å². The molecule has 0 radical (unpaired) electrons. The number of H-pyrrole nitrogens is 1. The number of para-hydroxylation sites is 1. The SMILES string of the molecule is Cc1cc(C(=O)c2c[nH]c3c([N+](=O)[O-])cccc23)c(C)o1. The number of fused-ring (bicyclic) bond motifs is 1. The molecule has 0 fully saturated rings. The van der Waals surface area contributed by atoms with Crippen LogP contribution in [0.1, 0.15) is 27.4 Å². The van der Waals surface area contributed by atoms with Gasteiger partial charge in [-0.15, -0.1) is 0 Å². The van der Waals surface area contributed by atoms with Crippen molar-refractivity contribution in [2.75, 3.05) is 0 Å². The number of nitro groups is 1. The lowest BCUT2D eigenvalue weighted by Crippen LogP contribution is -2.00. The van der Waals surface area contributed by atoms with Gasteiger partial charge in [-0.1, -0.05) is 12.1 Å². The van der Waals surface area contributed by atoms with Crippen molar-refractivity contribution in [2.24, 2.45) is 0 Å². The maximum absolute atomic E-state index is 12.6. The number of hydrogen-bond donors (Lipinski definition) is 1. The fraction of sp³-hybridized carbons (Fsp3) is 0.133. The normalized spacial score (nSPS) is 11.0. The molecule has 21 heavy (non-hydrogen) atoms. The van der Waals surface area contributed by atoms with Gasteiger partial charge in [-0.3, -0.25) is 14.9 Å². The third kappa shape index (κ3) is 2.01. The minimum absolute atomic E-state index is 0.0494. The number of hydrogen-bond acceptors (Lipinski definition) is 4. The van der Waals surface area contributed by atoms with E-state index in [9.17, 15) is 14.9 Å². The number of carbonyl (C=O) groups is 1. The van der Waals surface area contributed by atoms with Gasteiger partial charge in [0.25, 0.3) is 5.69 Å². The summed E-state index contributed by atoms with van der Waals surface area (Å²) >= 11 is 0. The van der Waals surface area contributed by atoms with Crippen molar-refractivity contribution in [3.63, 3.8) is 0 Å². The zero-order valence-electron chi connectivity index (χ0n) is 11.5. The number of carbonyl (C=O) groups excluding carboxylic acids is 1. The summed E-state index contributed by atoms with van der Waals surface area (Å²) in [6, 6.07) is 6.33. The molecule has 2 heterocycles. The molecule has 0 atom stereocenters. The minimum Gasteiger partial charge on any atom is -0.466 e. The number of nitrogens with zero attached hydrogens (tertiary/aromatic N) is 1. The van der Waals surface area contributed by atoms with Gasteiger partial charge in [-0.2, -0.15) is 0 Å². The number of aromatic amines is 1. The number of rotatable bonds is 3. The molecule has 0 saturated carbocycles. The first-order chi connectivity index (χ1) is 9.99. The molecule has 3 rings (SSSR count). The summed E-state index contributed by atoms with van der Waals surface area (Å²) in [5.41, 5.74) is 1.17. The number of non-ortho nitro benzene ring substituents is 1. The van der Waals surface area contributed by atoms with E-state index in [-0.39, 0.29) is 11.5 Å². The molecule has 0 amide bonds. The van der Waals surface area contributed by atoms with Crippen LogP contribution in [-0.2, 0) is 0 Å². The summed E-state index contributed by atoms with van der Waals surface area (Å²) < 4.78 is 5.37. The number of nitro benzene ring substituents is 1. The number of benzene rings is 1. The number of aromatic nitrogens is 1. The zero-order valence-corrected chi connectivity index (χ0v) is 11.5. The molecular weight excluding hydrogens is 272 g/mol. The predicted molar refractivity (Wildman–Crippen MR) is 76.6 cm³/mol. The number of nitrogens with one attached hydrogen (secondary N) is 1. The van der Waals surface area contributed by atoms with Gasteiger partial charge in [0.2, 0.25) is 0 Å². The summed E-state index contributed by atoms with van der Waals surface area (Å²) in [5, 5.41) is 11.5. The van der Waals surface area contributed by atoms with E-state index in [0.29, 0.717) is 33.6 Å². The first-order valence-electron chi connectivity index (χ1n) is 6.35. The van der Waals surface area contributed by atoms with Gasteiger partial charge in [0.05, 0.1) is 10.5 Å². The van der Waals surface area contributed by atoms with E-state index in [0.717, 1.165) is 0 Å². The quantitative estimate of drug-likeness (QED) is 0.452. The third-order valence-electron chi connectivity index (χ3n) is 3.42. The topological polar surface area (TPSA) is 89.1 Å². The molecule has 0 unspecified atom stereocenters. The number of ketones is 1.